The molecule has 0 fully saturated rings. The van der Waals surface area contributed by atoms with Crippen LogP contribution < -0.4 is 24.8 Å². The normalized spacial score (nSPS) is 19.9. The van der Waals surface area contributed by atoms with Gasteiger partial charge in [-0.25, -0.2) is 0 Å². The van der Waals surface area contributed by atoms with Gasteiger partial charge in [-0.05, 0) is 0 Å². The molecule has 51 heavy (non-hydrogen) atoms. The third kappa shape index (κ3) is 6.81. The summed E-state index contributed by atoms with van der Waals surface area (Å²) in [6.45, 7) is 33.7. The Hall–Kier alpha value is -2.05. The molecule has 0 aliphatic heterocycles. The van der Waals surface area contributed by atoms with E-state index in [-0.39, 0.29) is 51.9 Å². The molecule has 4 aliphatic carbocycles. The Labute approximate surface area is 330 Å². The van der Waals surface area contributed by atoms with E-state index in [0.29, 0.717) is 9.54 Å². The fourth-order valence-corrected chi connectivity index (χ4v) is 17.2. The molecule has 0 amide bonds. The minimum Gasteiger partial charge on any atom is -1.00 e. The predicted octanol–water partition coefficient (Wildman–Crippen LogP) is 7.18. The zero-order chi connectivity index (χ0) is 35.6. The van der Waals surface area contributed by atoms with E-state index >= 15 is 0 Å². The predicted molar refractivity (Wildman–Crippen MR) is 211 cm³/mol. The smallest absolute Gasteiger partial charge is 1.00 e. The minimum absolute atomic E-state index is 0. The molecule has 0 saturated carbocycles. The van der Waals surface area contributed by atoms with E-state index in [2.05, 4.69) is 180 Å². The molecule has 0 nitrogen and oxygen atoms in total. The maximum absolute atomic E-state index is 2.79. The van der Waals surface area contributed by atoms with Crippen LogP contribution in [0.1, 0.15) is 140 Å². The Kier molecular flexibility index (Phi) is 10.3. The number of hydrogen-bond donors (Lipinski definition) is 0. The number of fused-ring (bicyclic) bond motifs is 5. The Morgan fingerprint density at radius 3 is 1.45 bits per heavy atom. The summed E-state index contributed by atoms with van der Waals surface area (Å²) in [5.74, 6) is 0.469. The van der Waals surface area contributed by atoms with Crippen LogP contribution in [0.15, 0.2) is 87.8 Å². The molecule has 0 N–H and O–H groups in total. The third-order valence-electron chi connectivity index (χ3n) is 11.7. The molecule has 0 spiro atoms. The van der Waals surface area contributed by atoms with E-state index in [0.717, 1.165) is 0 Å². The summed E-state index contributed by atoms with van der Waals surface area (Å²) >= 11 is -2.64. The Bertz CT molecular complexity index is 1960. The molecule has 0 saturated heterocycles. The number of rotatable bonds is 3. The standard InChI is InChI=1S/C31H37.C10H15.C7H6.2ClH.Zr/c1-28(2,3)26-16-30(7,8)24-12-18-11-19-13-25-23(15-21(19)20(18)14-22(24)26)27(29(4,5)6)17-31(25,9)10;1-8-5-6-9(7-8)10(2,3)4;1-7-5-3-2-4-6-7;;;/h11-17H,1-10H3;6-8H,1-4H3;1-6H;2*1H;/q;;;;;+2/p-2. The Morgan fingerprint density at radius 1 is 0.608 bits per heavy atom. The van der Waals surface area contributed by atoms with E-state index < -0.39 is 21.3 Å². The summed E-state index contributed by atoms with van der Waals surface area (Å²) in [5.41, 5.74) is 18.3. The molecule has 0 heterocycles. The fraction of sp³-hybridized carbons (Fsp3) is 0.438. The Morgan fingerprint density at radius 2 is 1.06 bits per heavy atom. The molecule has 4 aliphatic rings. The second kappa shape index (κ2) is 13.1. The SMILES string of the molecule is CC1C=C(C(C)(C)C)C=[C]1/[Zr+2](=[CH]\c1ccccc1)[CH]1c2cc3c(cc2-c2cc4c(cc21)C(C)(C)C=C4C(C)(C)C)C(C(C)(C)C)=CC3(C)C.[Cl-].[Cl-]. The van der Waals surface area contributed by atoms with Crippen molar-refractivity contribution in [3.8, 4) is 11.1 Å². The molecule has 0 bridgehead atoms. The first kappa shape index (κ1) is 40.1. The van der Waals surface area contributed by atoms with Crippen LogP contribution in [0.25, 0.3) is 22.3 Å². The van der Waals surface area contributed by atoms with Gasteiger partial charge in [-0.1, -0.05) is 0 Å². The summed E-state index contributed by atoms with van der Waals surface area (Å²) in [5, 5.41) is 0. The second-order valence-corrected chi connectivity index (χ2v) is 25.5. The first-order valence-corrected chi connectivity index (χ1v) is 22.7. The molecule has 3 aromatic carbocycles. The van der Waals surface area contributed by atoms with E-state index in [1.165, 1.54) is 55.7 Å². The van der Waals surface area contributed by atoms with Gasteiger partial charge in [-0.15, -0.1) is 0 Å². The second-order valence-electron chi connectivity index (χ2n) is 19.7. The fourth-order valence-electron chi connectivity index (χ4n) is 9.05. The van der Waals surface area contributed by atoms with Gasteiger partial charge in [0.2, 0.25) is 0 Å². The first-order valence-electron chi connectivity index (χ1n) is 18.6. The molecular weight excluding hydrogens is 739 g/mol. The van der Waals surface area contributed by atoms with Gasteiger partial charge in [-0.3, -0.25) is 0 Å². The molecule has 7 rings (SSSR count). The third-order valence-corrected chi connectivity index (χ3v) is 19.5. The summed E-state index contributed by atoms with van der Waals surface area (Å²) in [4.78, 5) is 0. The average molecular weight is 797 g/mol. The van der Waals surface area contributed by atoms with E-state index in [9.17, 15) is 0 Å². The van der Waals surface area contributed by atoms with Crippen LogP contribution in [-0.2, 0) is 32.1 Å². The van der Waals surface area contributed by atoms with Gasteiger partial charge in [0.25, 0.3) is 0 Å². The van der Waals surface area contributed by atoms with Crippen LogP contribution in [0.5, 0.6) is 0 Å². The maximum Gasteiger partial charge on any atom is -1.00 e. The summed E-state index contributed by atoms with van der Waals surface area (Å²) in [6, 6.07) is 21.9. The van der Waals surface area contributed by atoms with E-state index in [4.69, 9.17) is 0 Å². The quantitative estimate of drug-likeness (QED) is 0.264. The number of benzene rings is 3. The minimum atomic E-state index is -2.64. The zero-order valence-corrected chi connectivity index (χ0v) is 37.5. The number of halogens is 2. The van der Waals surface area contributed by atoms with Crippen molar-refractivity contribution in [2.75, 3.05) is 0 Å². The van der Waals surface area contributed by atoms with Crippen molar-refractivity contribution in [1.82, 2.24) is 0 Å². The van der Waals surface area contributed by atoms with Gasteiger partial charge in [0.05, 0.1) is 0 Å². The number of allylic oxidation sites excluding steroid dienone is 8. The van der Waals surface area contributed by atoms with E-state index in [1.54, 1.807) is 14.4 Å². The van der Waals surface area contributed by atoms with Crippen LogP contribution in [0.2, 0.25) is 0 Å². The van der Waals surface area contributed by atoms with Gasteiger partial charge < -0.3 is 24.8 Å². The van der Waals surface area contributed by atoms with Gasteiger partial charge in [-0.2, -0.15) is 0 Å². The van der Waals surface area contributed by atoms with Crippen molar-refractivity contribution in [2.24, 2.45) is 22.2 Å². The molecule has 268 valence electrons. The molecule has 0 aromatic heterocycles. The van der Waals surface area contributed by atoms with Crippen molar-refractivity contribution in [3.05, 3.63) is 127 Å². The van der Waals surface area contributed by atoms with Crippen molar-refractivity contribution in [2.45, 2.75) is 111 Å². The Balaban J connectivity index is 0.00000252. The summed E-state index contributed by atoms with van der Waals surface area (Å²) in [6.07, 6.45) is 10.4. The molecule has 1 atom stereocenters. The summed E-state index contributed by atoms with van der Waals surface area (Å²) < 4.78 is 4.96. The van der Waals surface area contributed by atoms with Crippen LogP contribution in [0.3, 0.4) is 0 Å². The van der Waals surface area contributed by atoms with Crippen molar-refractivity contribution in [1.29, 1.82) is 0 Å². The number of hydrogen-bond acceptors (Lipinski definition) is 0. The summed E-state index contributed by atoms with van der Waals surface area (Å²) in [7, 11) is 0. The molecule has 3 aromatic rings. The van der Waals surface area contributed by atoms with Crippen molar-refractivity contribution in [3.63, 3.8) is 0 Å². The molecule has 1 unspecified atom stereocenters. The molecular formula is C48H58Cl2Zr. The van der Waals surface area contributed by atoms with Crippen LogP contribution >= 0.6 is 0 Å². The zero-order valence-electron chi connectivity index (χ0n) is 33.5. The van der Waals surface area contributed by atoms with Crippen molar-refractivity contribution < 1.29 is 46.1 Å². The average Bonchev–Trinajstić information content (AvgIpc) is 3.68. The van der Waals surface area contributed by atoms with Crippen molar-refractivity contribution >= 4 is 14.9 Å². The van der Waals surface area contributed by atoms with Gasteiger partial charge in [0.15, 0.2) is 0 Å². The maximum atomic E-state index is 2.79. The van der Waals surface area contributed by atoms with Gasteiger partial charge >= 0.3 is 307 Å². The van der Waals surface area contributed by atoms with Crippen LogP contribution in [0.4, 0.5) is 0 Å². The van der Waals surface area contributed by atoms with Crippen LogP contribution in [-0.4, -0.2) is 3.71 Å². The van der Waals surface area contributed by atoms with Gasteiger partial charge in [0, 0.05) is 0 Å². The van der Waals surface area contributed by atoms with Crippen LogP contribution in [0, 0.1) is 22.2 Å². The van der Waals surface area contributed by atoms with Gasteiger partial charge in [0.1, 0.15) is 0 Å². The topological polar surface area (TPSA) is 0 Å². The molecule has 0 radical (unpaired) electrons. The largest absolute Gasteiger partial charge is 1.00 e. The monoisotopic (exact) mass is 794 g/mol. The van der Waals surface area contributed by atoms with E-state index in [1.807, 2.05) is 0 Å². The molecule has 3 heteroatoms. The first-order chi connectivity index (χ1) is 22.6.